The number of para-hydroxylation sites is 1. The average molecular weight is 385 g/mol. The van der Waals surface area contributed by atoms with Crippen molar-refractivity contribution in [1.82, 2.24) is 9.97 Å². The van der Waals surface area contributed by atoms with E-state index in [-0.39, 0.29) is 17.4 Å². The van der Waals surface area contributed by atoms with Gasteiger partial charge in [0.1, 0.15) is 11.3 Å². The van der Waals surface area contributed by atoms with Crippen molar-refractivity contribution >= 4 is 33.8 Å². The Morgan fingerprint density at radius 1 is 1.03 bits per heavy atom. The molecular weight excluding hydrogens is 370 g/mol. The highest BCUT2D eigenvalue weighted by atomic mass is 16.4. The van der Waals surface area contributed by atoms with Gasteiger partial charge in [-0.25, -0.2) is 4.98 Å². The van der Waals surface area contributed by atoms with Crippen LogP contribution in [0.4, 0.5) is 5.69 Å². The van der Waals surface area contributed by atoms with E-state index >= 15 is 0 Å². The van der Waals surface area contributed by atoms with Crippen molar-refractivity contribution in [3.8, 4) is 17.2 Å². The summed E-state index contributed by atoms with van der Waals surface area (Å²) in [7, 11) is 0. The van der Waals surface area contributed by atoms with Gasteiger partial charge in [0.15, 0.2) is 17.0 Å². The predicted molar refractivity (Wildman–Crippen MR) is 108 cm³/mol. The number of amides is 1. The van der Waals surface area contributed by atoms with Crippen molar-refractivity contribution in [1.29, 1.82) is 0 Å². The SMILES string of the molecule is Cc1cc(NC(=O)c2cc3ccccc3o2)cc(-c2nc3ncccc3o2)c1O. The molecule has 7 heteroatoms. The summed E-state index contributed by atoms with van der Waals surface area (Å²) < 4.78 is 11.3. The van der Waals surface area contributed by atoms with Crippen molar-refractivity contribution in [3.05, 3.63) is 72.1 Å². The molecule has 0 aliphatic rings. The molecule has 0 fully saturated rings. The highest BCUT2D eigenvalue weighted by molar-refractivity contribution is 6.05. The van der Waals surface area contributed by atoms with Gasteiger partial charge < -0.3 is 19.3 Å². The van der Waals surface area contributed by atoms with Crippen molar-refractivity contribution < 1.29 is 18.7 Å². The van der Waals surface area contributed by atoms with E-state index < -0.39 is 5.91 Å². The molecule has 0 unspecified atom stereocenters. The van der Waals surface area contributed by atoms with Crippen molar-refractivity contribution in [2.45, 2.75) is 6.92 Å². The number of aromatic nitrogens is 2. The highest BCUT2D eigenvalue weighted by Crippen LogP contribution is 2.36. The average Bonchev–Trinajstić information content (AvgIpc) is 3.34. The number of oxazole rings is 1. The van der Waals surface area contributed by atoms with Crippen molar-refractivity contribution in [2.24, 2.45) is 0 Å². The van der Waals surface area contributed by atoms with Gasteiger partial charge in [0, 0.05) is 17.3 Å². The van der Waals surface area contributed by atoms with Gasteiger partial charge in [-0.3, -0.25) is 4.79 Å². The molecule has 0 atom stereocenters. The molecular formula is C22H15N3O4. The number of benzene rings is 2. The molecule has 0 saturated heterocycles. The minimum absolute atomic E-state index is 0.0262. The molecule has 2 aromatic carbocycles. The molecule has 5 aromatic rings. The second kappa shape index (κ2) is 6.49. The summed E-state index contributed by atoms with van der Waals surface area (Å²) in [6.07, 6.45) is 1.61. The molecule has 29 heavy (non-hydrogen) atoms. The molecule has 0 spiro atoms. The molecule has 2 N–H and O–H groups in total. The second-order valence-corrected chi connectivity index (χ2v) is 6.64. The van der Waals surface area contributed by atoms with Crippen molar-refractivity contribution in [2.75, 3.05) is 5.32 Å². The fourth-order valence-corrected chi connectivity index (χ4v) is 3.19. The topological polar surface area (TPSA) is 101 Å². The van der Waals surface area contributed by atoms with E-state index in [1.54, 1.807) is 49.5 Å². The molecule has 0 aliphatic heterocycles. The number of hydrogen-bond donors (Lipinski definition) is 2. The van der Waals surface area contributed by atoms with Crippen LogP contribution >= 0.6 is 0 Å². The number of phenolic OH excluding ortho intramolecular Hbond substituents is 1. The van der Waals surface area contributed by atoms with Gasteiger partial charge in [0.25, 0.3) is 5.91 Å². The summed E-state index contributed by atoms with van der Waals surface area (Å²) in [4.78, 5) is 21.1. The van der Waals surface area contributed by atoms with Gasteiger partial charge in [0.2, 0.25) is 5.89 Å². The van der Waals surface area contributed by atoms with Crippen molar-refractivity contribution in [3.63, 3.8) is 0 Å². The normalized spacial score (nSPS) is 11.2. The first-order chi connectivity index (χ1) is 14.1. The Hall–Kier alpha value is -4.13. The summed E-state index contributed by atoms with van der Waals surface area (Å²) in [5.41, 5.74) is 3.00. The number of carbonyl (C=O) groups is 1. The lowest BCUT2D eigenvalue weighted by atomic mass is 10.1. The molecule has 0 radical (unpaired) electrons. The van der Waals surface area contributed by atoms with Crippen LogP contribution in [0.3, 0.4) is 0 Å². The number of pyridine rings is 1. The third-order valence-corrected chi connectivity index (χ3v) is 4.60. The monoisotopic (exact) mass is 385 g/mol. The first-order valence-electron chi connectivity index (χ1n) is 8.94. The van der Waals surface area contributed by atoms with Crippen LogP contribution in [0.2, 0.25) is 0 Å². The lowest BCUT2D eigenvalue weighted by Gasteiger charge is -2.09. The van der Waals surface area contributed by atoms with Gasteiger partial charge in [-0.05, 0) is 48.9 Å². The number of aromatic hydroxyl groups is 1. The third kappa shape index (κ3) is 2.98. The first-order valence-corrected chi connectivity index (χ1v) is 8.94. The zero-order valence-corrected chi connectivity index (χ0v) is 15.3. The third-order valence-electron chi connectivity index (χ3n) is 4.60. The number of rotatable bonds is 3. The van der Waals surface area contributed by atoms with Gasteiger partial charge in [0.05, 0.1) is 5.56 Å². The van der Waals surface area contributed by atoms with E-state index in [1.165, 1.54) is 0 Å². The maximum absolute atomic E-state index is 12.7. The lowest BCUT2D eigenvalue weighted by molar-refractivity contribution is 0.0998. The Bertz CT molecular complexity index is 1320. The molecule has 0 aliphatic carbocycles. The molecule has 7 nitrogen and oxygen atoms in total. The fourth-order valence-electron chi connectivity index (χ4n) is 3.19. The number of aryl methyl sites for hydroxylation is 1. The molecule has 3 heterocycles. The predicted octanol–water partition coefficient (Wildman–Crippen LogP) is 4.90. The molecule has 3 aromatic heterocycles. The number of furan rings is 1. The fraction of sp³-hybridized carbons (Fsp3) is 0.0455. The van der Waals surface area contributed by atoms with E-state index in [9.17, 15) is 9.90 Å². The maximum atomic E-state index is 12.7. The van der Waals surface area contributed by atoms with Crippen LogP contribution in [0, 0.1) is 6.92 Å². The number of hydrogen-bond acceptors (Lipinski definition) is 6. The smallest absolute Gasteiger partial charge is 0.291 e. The molecule has 142 valence electrons. The van der Waals surface area contributed by atoms with Gasteiger partial charge in [-0.1, -0.05) is 18.2 Å². The van der Waals surface area contributed by atoms with Crippen LogP contribution in [0.1, 0.15) is 16.1 Å². The zero-order valence-electron chi connectivity index (χ0n) is 15.3. The molecule has 0 bridgehead atoms. The van der Waals surface area contributed by atoms with Crippen LogP contribution in [-0.2, 0) is 0 Å². The number of phenols is 1. The quantitative estimate of drug-likeness (QED) is 0.428. The summed E-state index contributed by atoms with van der Waals surface area (Å²) in [6.45, 7) is 1.73. The Morgan fingerprint density at radius 2 is 1.86 bits per heavy atom. The molecule has 0 saturated carbocycles. The van der Waals surface area contributed by atoms with Crippen LogP contribution in [0.5, 0.6) is 5.75 Å². The molecule has 5 rings (SSSR count). The zero-order chi connectivity index (χ0) is 20.0. The minimum atomic E-state index is -0.392. The van der Waals surface area contributed by atoms with Crippen LogP contribution in [-0.4, -0.2) is 21.0 Å². The number of nitrogens with zero attached hydrogens (tertiary/aromatic N) is 2. The maximum Gasteiger partial charge on any atom is 0.291 e. The largest absolute Gasteiger partial charge is 0.507 e. The Labute approximate surface area is 164 Å². The summed E-state index contributed by atoms with van der Waals surface area (Å²) in [6, 6.07) is 15.8. The minimum Gasteiger partial charge on any atom is -0.507 e. The number of anilines is 1. The summed E-state index contributed by atoms with van der Waals surface area (Å²) in [5.74, 6) is 0.0541. The highest BCUT2D eigenvalue weighted by Gasteiger charge is 2.18. The summed E-state index contributed by atoms with van der Waals surface area (Å²) in [5, 5.41) is 14.1. The van der Waals surface area contributed by atoms with E-state index in [0.29, 0.717) is 33.6 Å². The van der Waals surface area contributed by atoms with E-state index in [2.05, 4.69) is 15.3 Å². The number of fused-ring (bicyclic) bond motifs is 2. The van der Waals surface area contributed by atoms with Gasteiger partial charge >= 0.3 is 0 Å². The first kappa shape index (κ1) is 17.0. The Balaban J connectivity index is 1.51. The Morgan fingerprint density at radius 3 is 2.69 bits per heavy atom. The number of carbonyl (C=O) groups excluding carboxylic acids is 1. The number of nitrogens with one attached hydrogen (secondary N) is 1. The standard InChI is InChI=1S/C22H15N3O4/c1-12-9-14(24-21(27)18-10-13-5-2-3-6-16(13)28-18)11-15(19(12)26)22-25-20-17(29-22)7-4-8-23-20/h2-11,26H,1H3,(H,24,27). The van der Waals surface area contributed by atoms with Gasteiger partial charge in [-0.15, -0.1) is 0 Å². The summed E-state index contributed by atoms with van der Waals surface area (Å²) >= 11 is 0. The van der Waals surface area contributed by atoms with E-state index in [0.717, 1.165) is 5.39 Å². The van der Waals surface area contributed by atoms with Gasteiger partial charge in [-0.2, -0.15) is 4.98 Å². The second-order valence-electron chi connectivity index (χ2n) is 6.64. The van der Waals surface area contributed by atoms with Crippen LogP contribution in [0.15, 0.2) is 69.6 Å². The van der Waals surface area contributed by atoms with Crippen LogP contribution < -0.4 is 5.32 Å². The van der Waals surface area contributed by atoms with Crippen LogP contribution in [0.25, 0.3) is 33.7 Å². The van der Waals surface area contributed by atoms with E-state index in [1.807, 2.05) is 18.2 Å². The Kier molecular flexibility index (Phi) is 3.80. The van der Waals surface area contributed by atoms with E-state index in [4.69, 9.17) is 8.83 Å². The lowest BCUT2D eigenvalue weighted by Crippen LogP contribution is -2.11. The molecule has 1 amide bonds.